The first-order valence-electron chi connectivity index (χ1n) is 7.49. The highest BCUT2D eigenvalue weighted by Gasteiger charge is 2.39. The SMILES string of the molecule is Cl.NC1(c2noc(-c3ccn(-c4cccc([N+](=O)[O-])c4)n3)n2)CCC1. The number of nitrogens with zero attached hydrogens (tertiary/aromatic N) is 5. The molecule has 10 heteroatoms. The Hall–Kier alpha value is -2.78. The van der Waals surface area contributed by atoms with Crippen LogP contribution in [0.4, 0.5) is 5.69 Å². The van der Waals surface area contributed by atoms with Crippen molar-refractivity contribution >= 4 is 18.1 Å². The van der Waals surface area contributed by atoms with Gasteiger partial charge in [-0.2, -0.15) is 10.1 Å². The number of hydrogen-bond donors (Lipinski definition) is 1. The van der Waals surface area contributed by atoms with Crippen LogP contribution in [0.5, 0.6) is 0 Å². The molecule has 1 saturated carbocycles. The molecule has 2 aromatic heterocycles. The normalized spacial score (nSPS) is 15.2. The fourth-order valence-corrected chi connectivity index (χ4v) is 2.64. The fraction of sp³-hybridized carbons (Fsp3) is 0.267. The third kappa shape index (κ3) is 2.99. The van der Waals surface area contributed by atoms with E-state index in [0.29, 0.717) is 17.2 Å². The smallest absolute Gasteiger partial charge is 0.278 e. The van der Waals surface area contributed by atoms with Crippen molar-refractivity contribution in [2.45, 2.75) is 24.8 Å². The van der Waals surface area contributed by atoms with Gasteiger partial charge in [-0.1, -0.05) is 11.2 Å². The summed E-state index contributed by atoms with van der Waals surface area (Å²) in [5.41, 5.74) is 6.75. The highest BCUT2D eigenvalue weighted by molar-refractivity contribution is 5.85. The molecule has 0 radical (unpaired) electrons. The molecule has 0 aliphatic heterocycles. The van der Waals surface area contributed by atoms with Gasteiger partial charge in [0.05, 0.1) is 16.1 Å². The Kier molecular flexibility index (Phi) is 4.27. The van der Waals surface area contributed by atoms with Gasteiger partial charge in [0.25, 0.3) is 11.6 Å². The number of aromatic nitrogens is 4. The first kappa shape index (κ1) is 17.1. The van der Waals surface area contributed by atoms with Crippen molar-refractivity contribution in [1.82, 2.24) is 19.9 Å². The van der Waals surface area contributed by atoms with Gasteiger partial charge in [-0.25, -0.2) is 4.68 Å². The number of rotatable bonds is 4. The molecule has 0 spiro atoms. The number of benzene rings is 1. The van der Waals surface area contributed by atoms with Crippen LogP contribution in [0.3, 0.4) is 0 Å². The second kappa shape index (κ2) is 6.26. The number of nitro groups is 1. The van der Waals surface area contributed by atoms with Gasteiger partial charge in [-0.15, -0.1) is 12.4 Å². The number of nitrogens with two attached hydrogens (primary N) is 1. The second-order valence-corrected chi connectivity index (χ2v) is 5.86. The Morgan fingerprint density at radius 1 is 1.32 bits per heavy atom. The van der Waals surface area contributed by atoms with E-state index in [-0.39, 0.29) is 24.0 Å². The topological polar surface area (TPSA) is 126 Å². The van der Waals surface area contributed by atoms with E-state index in [1.54, 1.807) is 24.4 Å². The Labute approximate surface area is 148 Å². The van der Waals surface area contributed by atoms with Crippen LogP contribution in [0.25, 0.3) is 17.3 Å². The van der Waals surface area contributed by atoms with Crippen LogP contribution >= 0.6 is 12.4 Å². The summed E-state index contributed by atoms with van der Waals surface area (Å²) in [4.78, 5) is 14.8. The Morgan fingerprint density at radius 2 is 2.12 bits per heavy atom. The van der Waals surface area contributed by atoms with Crippen LogP contribution in [0, 0.1) is 10.1 Å². The average Bonchev–Trinajstić information content (AvgIpc) is 3.22. The van der Waals surface area contributed by atoms with E-state index in [1.807, 2.05) is 0 Å². The van der Waals surface area contributed by atoms with Gasteiger partial charge in [0.2, 0.25) is 0 Å². The molecule has 2 heterocycles. The molecular formula is C15H15ClN6O3. The molecule has 0 saturated heterocycles. The van der Waals surface area contributed by atoms with E-state index in [9.17, 15) is 10.1 Å². The third-order valence-corrected chi connectivity index (χ3v) is 4.23. The lowest BCUT2D eigenvalue weighted by atomic mass is 9.77. The number of halogens is 1. The van der Waals surface area contributed by atoms with E-state index in [0.717, 1.165) is 19.3 Å². The van der Waals surface area contributed by atoms with Crippen LogP contribution in [-0.4, -0.2) is 24.8 Å². The first-order chi connectivity index (χ1) is 11.5. The van der Waals surface area contributed by atoms with E-state index >= 15 is 0 Å². The molecule has 1 aliphatic carbocycles. The molecule has 0 amide bonds. The van der Waals surface area contributed by atoms with Gasteiger partial charge < -0.3 is 10.3 Å². The van der Waals surface area contributed by atoms with Crippen LogP contribution < -0.4 is 5.73 Å². The molecule has 1 aliphatic rings. The highest BCUT2D eigenvalue weighted by Crippen LogP contribution is 2.37. The Balaban J connectivity index is 0.00000182. The van der Waals surface area contributed by atoms with Crippen molar-refractivity contribution in [3.63, 3.8) is 0 Å². The van der Waals surface area contributed by atoms with Gasteiger partial charge in [0, 0.05) is 18.3 Å². The van der Waals surface area contributed by atoms with Crippen LogP contribution in [0.2, 0.25) is 0 Å². The summed E-state index contributed by atoms with van der Waals surface area (Å²) in [6, 6.07) is 7.91. The number of hydrogen-bond acceptors (Lipinski definition) is 7. The largest absolute Gasteiger partial charge is 0.332 e. The molecule has 2 N–H and O–H groups in total. The van der Waals surface area contributed by atoms with Gasteiger partial charge in [0.1, 0.15) is 0 Å². The maximum Gasteiger partial charge on any atom is 0.278 e. The minimum atomic E-state index is -0.496. The van der Waals surface area contributed by atoms with E-state index in [4.69, 9.17) is 10.3 Å². The van der Waals surface area contributed by atoms with Crippen molar-refractivity contribution in [1.29, 1.82) is 0 Å². The second-order valence-electron chi connectivity index (χ2n) is 5.86. The molecule has 9 nitrogen and oxygen atoms in total. The molecular weight excluding hydrogens is 348 g/mol. The summed E-state index contributed by atoms with van der Waals surface area (Å²) in [6.45, 7) is 0. The van der Waals surface area contributed by atoms with Gasteiger partial charge in [0.15, 0.2) is 11.5 Å². The lowest BCUT2D eigenvalue weighted by molar-refractivity contribution is -0.384. The zero-order valence-electron chi connectivity index (χ0n) is 13.0. The average molecular weight is 363 g/mol. The van der Waals surface area contributed by atoms with Crippen LogP contribution in [-0.2, 0) is 5.54 Å². The first-order valence-corrected chi connectivity index (χ1v) is 7.49. The van der Waals surface area contributed by atoms with E-state index < -0.39 is 10.5 Å². The summed E-state index contributed by atoms with van der Waals surface area (Å²) in [6.07, 6.45) is 4.42. The summed E-state index contributed by atoms with van der Waals surface area (Å²) in [5.74, 6) is 0.777. The lowest BCUT2D eigenvalue weighted by Gasteiger charge is -2.34. The van der Waals surface area contributed by atoms with Gasteiger partial charge in [-0.05, 0) is 31.4 Å². The van der Waals surface area contributed by atoms with E-state index in [2.05, 4.69) is 15.2 Å². The van der Waals surface area contributed by atoms with Crippen molar-refractivity contribution in [3.8, 4) is 17.3 Å². The third-order valence-electron chi connectivity index (χ3n) is 4.23. The van der Waals surface area contributed by atoms with Gasteiger partial charge in [-0.3, -0.25) is 10.1 Å². The molecule has 4 rings (SSSR count). The van der Waals surface area contributed by atoms with Crippen LogP contribution in [0.15, 0.2) is 41.1 Å². The molecule has 1 fully saturated rings. The van der Waals surface area contributed by atoms with Crippen LogP contribution in [0.1, 0.15) is 25.1 Å². The minimum absolute atomic E-state index is 0. The monoisotopic (exact) mass is 362 g/mol. The maximum absolute atomic E-state index is 10.9. The summed E-state index contributed by atoms with van der Waals surface area (Å²) in [5, 5.41) is 19.2. The minimum Gasteiger partial charge on any atom is -0.332 e. The Morgan fingerprint density at radius 3 is 2.80 bits per heavy atom. The van der Waals surface area contributed by atoms with E-state index in [1.165, 1.54) is 16.8 Å². The molecule has 3 aromatic rings. The van der Waals surface area contributed by atoms with Crippen molar-refractivity contribution in [2.75, 3.05) is 0 Å². The standard InChI is InChI=1S/C15H14N6O3.ClH/c16-15(6-2-7-15)14-17-13(24-19-14)12-5-8-20(18-12)10-3-1-4-11(9-10)21(22)23;/h1,3-5,8-9H,2,6-7,16H2;1H. The molecule has 1 aromatic carbocycles. The molecule has 130 valence electrons. The quantitative estimate of drug-likeness (QED) is 0.558. The van der Waals surface area contributed by atoms with Crippen molar-refractivity contribution in [2.24, 2.45) is 5.73 Å². The lowest BCUT2D eigenvalue weighted by Crippen LogP contribution is -2.44. The number of non-ortho nitro benzene ring substituents is 1. The predicted molar refractivity (Wildman–Crippen MR) is 90.5 cm³/mol. The highest BCUT2D eigenvalue weighted by atomic mass is 35.5. The zero-order chi connectivity index (χ0) is 16.7. The summed E-state index contributed by atoms with van der Waals surface area (Å²) < 4.78 is 6.78. The molecule has 25 heavy (non-hydrogen) atoms. The summed E-state index contributed by atoms with van der Waals surface area (Å²) >= 11 is 0. The van der Waals surface area contributed by atoms with Gasteiger partial charge >= 0.3 is 0 Å². The number of nitro benzene ring substituents is 1. The summed E-state index contributed by atoms with van der Waals surface area (Å²) in [7, 11) is 0. The van der Waals surface area contributed by atoms with Crippen molar-refractivity contribution < 1.29 is 9.45 Å². The zero-order valence-corrected chi connectivity index (χ0v) is 13.8. The van der Waals surface area contributed by atoms with Crippen molar-refractivity contribution in [3.05, 3.63) is 52.5 Å². The molecule has 0 bridgehead atoms. The Bertz CT molecular complexity index is 917. The molecule has 0 unspecified atom stereocenters. The fourth-order valence-electron chi connectivity index (χ4n) is 2.64. The molecule has 0 atom stereocenters. The predicted octanol–water partition coefficient (Wildman–Crippen LogP) is 2.59. The maximum atomic E-state index is 10.9.